The lowest BCUT2D eigenvalue weighted by molar-refractivity contribution is -0.116. The molecule has 0 aliphatic rings. The Balaban J connectivity index is 1.65. The molecule has 0 saturated heterocycles. The zero-order chi connectivity index (χ0) is 21.0. The van der Waals surface area contributed by atoms with Crippen molar-refractivity contribution >= 4 is 46.4 Å². The maximum atomic E-state index is 12.4. The number of aromatic nitrogens is 1. The van der Waals surface area contributed by atoms with Crippen molar-refractivity contribution in [3.63, 3.8) is 0 Å². The van der Waals surface area contributed by atoms with Gasteiger partial charge in [-0.15, -0.1) is 0 Å². The van der Waals surface area contributed by atoms with Crippen LogP contribution in [0.5, 0.6) is 0 Å². The van der Waals surface area contributed by atoms with Gasteiger partial charge in [-0.25, -0.2) is 0 Å². The van der Waals surface area contributed by atoms with E-state index in [9.17, 15) is 14.4 Å². The van der Waals surface area contributed by atoms with E-state index in [-0.39, 0.29) is 23.9 Å². The zero-order valence-electron chi connectivity index (χ0n) is 15.4. The minimum absolute atomic E-state index is 0.103. The van der Waals surface area contributed by atoms with Gasteiger partial charge in [0.1, 0.15) is 6.54 Å². The molecule has 148 valence electrons. The molecule has 3 rings (SSSR count). The smallest absolute Gasteiger partial charge is 0.255 e. The first-order valence-electron chi connectivity index (χ1n) is 8.66. The van der Waals surface area contributed by atoms with Gasteiger partial charge in [0.25, 0.3) is 11.5 Å². The highest BCUT2D eigenvalue weighted by Gasteiger charge is 2.12. The molecule has 0 radical (unpaired) electrons. The normalized spacial score (nSPS) is 10.4. The number of halogens is 2. The number of nitrogens with zero attached hydrogens (tertiary/aromatic N) is 1. The number of rotatable bonds is 5. The van der Waals surface area contributed by atoms with Gasteiger partial charge in [0.15, 0.2) is 0 Å². The molecule has 2 aromatic carbocycles. The molecule has 1 aromatic heterocycles. The second kappa shape index (κ2) is 8.94. The van der Waals surface area contributed by atoms with Crippen molar-refractivity contribution in [1.82, 2.24) is 4.57 Å². The average molecular weight is 430 g/mol. The van der Waals surface area contributed by atoms with E-state index in [1.165, 1.54) is 10.6 Å². The van der Waals surface area contributed by atoms with Crippen LogP contribution in [0.2, 0.25) is 10.0 Å². The molecule has 6 nitrogen and oxygen atoms in total. The third kappa shape index (κ3) is 5.25. The highest BCUT2D eigenvalue weighted by molar-refractivity contribution is 6.40. The number of carbonyl (C=O) groups is 2. The summed E-state index contributed by atoms with van der Waals surface area (Å²) in [6, 6.07) is 14.4. The van der Waals surface area contributed by atoms with Crippen molar-refractivity contribution in [2.45, 2.75) is 13.5 Å². The Kier molecular flexibility index (Phi) is 6.36. The largest absolute Gasteiger partial charge is 0.325 e. The van der Waals surface area contributed by atoms with Crippen molar-refractivity contribution in [3.05, 3.63) is 92.3 Å². The number of amides is 2. The first-order chi connectivity index (χ1) is 13.8. The summed E-state index contributed by atoms with van der Waals surface area (Å²) in [6.45, 7) is 1.74. The summed E-state index contributed by atoms with van der Waals surface area (Å²) < 4.78 is 1.33. The van der Waals surface area contributed by atoms with Crippen LogP contribution in [0.4, 0.5) is 11.4 Å². The molecule has 0 unspecified atom stereocenters. The number of carbonyl (C=O) groups excluding carboxylic acids is 2. The van der Waals surface area contributed by atoms with Crippen LogP contribution in [0.3, 0.4) is 0 Å². The lowest BCUT2D eigenvalue weighted by Crippen LogP contribution is -2.26. The number of hydrogen-bond acceptors (Lipinski definition) is 3. The minimum Gasteiger partial charge on any atom is -0.325 e. The Morgan fingerprint density at radius 2 is 1.59 bits per heavy atom. The summed E-state index contributed by atoms with van der Waals surface area (Å²) in [5.41, 5.74) is 1.83. The maximum Gasteiger partial charge on any atom is 0.255 e. The van der Waals surface area contributed by atoms with Gasteiger partial charge in [-0.2, -0.15) is 0 Å². The van der Waals surface area contributed by atoms with Crippen molar-refractivity contribution in [2.75, 3.05) is 10.6 Å². The molecule has 0 bridgehead atoms. The van der Waals surface area contributed by atoms with E-state index in [0.717, 1.165) is 5.56 Å². The van der Waals surface area contributed by atoms with Crippen LogP contribution in [0.15, 0.2) is 65.6 Å². The van der Waals surface area contributed by atoms with Gasteiger partial charge in [0.05, 0.1) is 15.7 Å². The van der Waals surface area contributed by atoms with Gasteiger partial charge in [0.2, 0.25) is 5.91 Å². The zero-order valence-corrected chi connectivity index (χ0v) is 16.9. The first-order valence-corrected chi connectivity index (χ1v) is 9.41. The lowest BCUT2D eigenvalue weighted by Gasteiger charge is -2.10. The average Bonchev–Trinajstić information content (AvgIpc) is 2.68. The van der Waals surface area contributed by atoms with Crippen LogP contribution in [0.1, 0.15) is 15.9 Å². The van der Waals surface area contributed by atoms with Crippen LogP contribution in [0, 0.1) is 6.92 Å². The van der Waals surface area contributed by atoms with Crippen LogP contribution in [-0.4, -0.2) is 16.4 Å². The molecule has 0 atom stereocenters. The summed E-state index contributed by atoms with van der Waals surface area (Å²) in [5, 5.41) is 6.04. The fourth-order valence-corrected chi connectivity index (χ4v) is 3.13. The number of anilines is 2. The van der Waals surface area contributed by atoms with E-state index in [2.05, 4.69) is 10.6 Å². The van der Waals surface area contributed by atoms with Gasteiger partial charge < -0.3 is 15.2 Å². The summed E-state index contributed by atoms with van der Waals surface area (Å²) in [5.74, 6) is -0.734. The predicted molar refractivity (Wildman–Crippen MR) is 115 cm³/mol. The van der Waals surface area contributed by atoms with E-state index in [0.29, 0.717) is 27.0 Å². The summed E-state index contributed by atoms with van der Waals surface area (Å²) in [4.78, 5) is 36.4. The lowest BCUT2D eigenvalue weighted by atomic mass is 10.2. The van der Waals surface area contributed by atoms with Gasteiger partial charge in [-0.1, -0.05) is 35.3 Å². The van der Waals surface area contributed by atoms with E-state index in [4.69, 9.17) is 23.2 Å². The topological polar surface area (TPSA) is 80.2 Å². The molecular formula is C21H17Cl2N3O3. The third-order valence-electron chi connectivity index (χ3n) is 4.08. The minimum atomic E-state index is -0.385. The Hall–Kier alpha value is -3.09. The van der Waals surface area contributed by atoms with Crippen LogP contribution >= 0.6 is 23.2 Å². The summed E-state index contributed by atoms with van der Waals surface area (Å²) in [7, 11) is 0. The van der Waals surface area contributed by atoms with E-state index in [1.807, 2.05) is 6.92 Å². The number of pyridine rings is 1. The quantitative estimate of drug-likeness (QED) is 0.632. The molecule has 3 aromatic rings. The molecule has 1 heterocycles. The molecule has 2 amide bonds. The van der Waals surface area contributed by atoms with Crippen LogP contribution in [0.25, 0.3) is 0 Å². The third-order valence-corrected chi connectivity index (χ3v) is 4.71. The molecule has 0 saturated carbocycles. The molecule has 29 heavy (non-hydrogen) atoms. The number of para-hydroxylation sites is 1. The number of benzene rings is 2. The van der Waals surface area contributed by atoms with Crippen LogP contribution < -0.4 is 16.2 Å². The number of hydrogen-bond donors (Lipinski definition) is 2. The van der Waals surface area contributed by atoms with Gasteiger partial charge >= 0.3 is 0 Å². The van der Waals surface area contributed by atoms with Crippen molar-refractivity contribution in [3.8, 4) is 0 Å². The molecule has 0 aliphatic heterocycles. The fraction of sp³-hybridized carbons (Fsp3) is 0.0952. The van der Waals surface area contributed by atoms with Gasteiger partial charge in [-0.05, 0) is 48.9 Å². The standard InChI is InChI=1S/C21H17Cl2N3O3/c1-13-5-10-19(28)26(11-13)12-18(27)24-15-8-6-14(7-9-15)21(29)25-20-16(22)3-2-4-17(20)23/h2-11H,12H2,1H3,(H,24,27)(H,25,29). The van der Waals surface area contributed by atoms with Gasteiger partial charge in [0, 0.05) is 23.5 Å². The maximum absolute atomic E-state index is 12.4. The first kappa shape index (κ1) is 20.6. The number of nitrogens with one attached hydrogen (secondary N) is 2. The Bertz CT molecular complexity index is 1100. The number of aryl methyl sites for hydroxylation is 1. The second-order valence-corrected chi connectivity index (χ2v) is 7.16. The predicted octanol–water partition coefficient (Wildman–Crippen LogP) is 4.35. The van der Waals surface area contributed by atoms with E-state index < -0.39 is 0 Å². The van der Waals surface area contributed by atoms with Crippen molar-refractivity contribution in [2.24, 2.45) is 0 Å². The highest BCUT2D eigenvalue weighted by atomic mass is 35.5. The Morgan fingerprint density at radius 1 is 0.931 bits per heavy atom. The van der Waals surface area contributed by atoms with Crippen LogP contribution in [-0.2, 0) is 11.3 Å². The molecule has 2 N–H and O–H groups in total. The molecule has 0 aliphatic carbocycles. The summed E-state index contributed by atoms with van der Waals surface area (Å²) >= 11 is 12.1. The fourth-order valence-electron chi connectivity index (χ4n) is 2.64. The summed E-state index contributed by atoms with van der Waals surface area (Å²) in [6.07, 6.45) is 1.62. The molecule has 0 fully saturated rings. The van der Waals surface area contributed by atoms with Crippen molar-refractivity contribution in [1.29, 1.82) is 0 Å². The van der Waals surface area contributed by atoms with E-state index >= 15 is 0 Å². The Morgan fingerprint density at radius 3 is 2.24 bits per heavy atom. The molecular weight excluding hydrogens is 413 g/mol. The SMILES string of the molecule is Cc1ccc(=O)n(CC(=O)Nc2ccc(C(=O)Nc3c(Cl)cccc3Cl)cc2)c1. The second-order valence-electron chi connectivity index (χ2n) is 6.35. The van der Waals surface area contributed by atoms with E-state index in [1.54, 1.807) is 54.7 Å². The molecule has 0 spiro atoms. The Labute approximate surface area is 177 Å². The van der Waals surface area contributed by atoms with Gasteiger partial charge in [-0.3, -0.25) is 14.4 Å². The highest BCUT2D eigenvalue weighted by Crippen LogP contribution is 2.30. The van der Waals surface area contributed by atoms with Crippen molar-refractivity contribution < 1.29 is 9.59 Å². The monoisotopic (exact) mass is 429 g/mol. The molecule has 8 heteroatoms.